The zero-order valence-corrected chi connectivity index (χ0v) is 12.1. The minimum Gasteiger partial charge on any atom is -0.346 e. The van der Waals surface area contributed by atoms with Crippen LogP contribution in [0.1, 0.15) is 52.5 Å². The molecule has 0 spiro atoms. The fraction of sp³-hybridized carbons (Fsp3) is 0.625. The molecule has 0 bridgehead atoms. The lowest BCUT2D eigenvalue weighted by atomic mass is 9.89. The predicted molar refractivity (Wildman–Crippen MR) is 73.6 cm³/mol. The Balaban J connectivity index is 2.18. The second kappa shape index (κ2) is 4.67. The van der Waals surface area contributed by atoms with Gasteiger partial charge in [-0.2, -0.15) is 0 Å². The van der Waals surface area contributed by atoms with E-state index in [2.05, 4.69) is 58.9 Å². The van der Waals surface area contributed by atoms with Crippen molar-refractivity contribution >= 4 is 0 Å². The highest BCUT2D eigenvalue weighted by Crippen LogP contribution is 2.39. The van der Waals surface area contributed by atoms with Crippen LogP contribution < -0.4 is 0 Å². The highest BCUT2D eigenvalue weighted by atomic mass is 16.7. The monoisotopic (exact) mass is 248 g/mol. The molecule has 1 aliphatic rings. The van der Waals surface area contributed by atoms with Gasteiger partial charge in [0, 0.05) is 12.3 Å². The molecule has 2 nitrogen and oxygen atoms in total. The summed E-state index contributed by atoms with van der Waals surface area (Å²) in [5, 5.41) is 0. The smallest absolute Gasteiger partial charge is 0.165 e. The molecule has 18 heavy (non-hydrogen) atoms. The molecular formula is C16H24O2. The number of hydrogen-bond acceptors (Lipinski definition) is 2. The summed E-state index contributed by atoms with van der Waals surface area (Å²) < 4.78 is 12.2. The maximum atomic E-state index is 6.10. The summed E-state index contributed by atoms with van der Waals surface area (Å²) in [6.07, 6.45) is 0.740. The lowest BCUT2D eigenvalue weighted by Crippen LogP contribution is -2.50. The fourth-order valence-corrected chi connectivity index (χ4v) is 2.88. The quantitative estimate of drug-likeness (QED) is 0.784. The number of ether oxygens (including phenoxy) is 2. The summed E-state index contributed by atoms with van der Waals surface area (Å²) in [6.45, 7) is 10.7. The van der Waals surface area contributed by atoms with E-state index in [0.29, 0.717) is 0 Å². The molecule has 2 heteroatoms. The van der Waals surface area contributed by atoms with Gasteiger partial charge >= 0.3 is 0 Å². The van der Waals surface area contributed by atoms with E-state index in [1.807, 2.05) is 6.07 Å². The molecule has 2 rings (SSSR count). The van der Waals surface area contributed by atoms with Gasteiger partial charge < -0.3 is 9.47 Å². The van der Waals surface area contributed by atoms with Gasteiger partial charge in [-0.25, -0.2) is 0 Å². The first-order valence-electron chi connectivity index (χ1n) is 6.70. The van der Waals surface area contributed by atoms with Crippen molar-refractivity contribution in [1.82, 2.24) is 0 Å². The van der Waals surface area contributed by atoms with Crippen molar-refractivity contribution < 1.29 is 9.47 Å². The standard InChI is InChI=1S/C16H24O2/c1-12(13-9-7-6-8-10-13)14-17-15(2,3)11-16(4,5)18-14/h6-10,12,14H,11H2,1-5H3. The molecular weight excluding hydrogens is 224 g/mol. The maximum absolute atomic E-state index is 6.10. The third kappa shape index (κ3) is 3.12. The SMILES string of the molecule is CC(c1ccccc1)C1OC(C)(C)CC(C)(C)O1. The molecule has 1 fully saturated rings. The third-order valence-electron chi connectivity index (χ3n) is 3.46. The number of rotatable bonds is 2. The first-order chi connectivity index (χ1) is 8.29. The highest BCUT2D eigenvalue weighted by Gasteiger charge is 2.42. The topological polar surface area (TPSA) is 18.5 Å². The van der Waals surface area contributed by atoms with Gasteiger partial charge in [0.15, 0.2) is 6.29 Å². The number of benzene rings is 1. The van der Waals surface area contributed by atoms with Gasteiger partial charge in [0.25, 0.3) is 0 Å². The summed E-state index contributed by atoms with van der Waals surface area (Å²) in [7, 11) is 0. The van der Waals surface area contributed by atoms with Crippen LogP contribution >= 0.6 is 0 Å². The van der Waals surface area contributed by atoms with E-state index in [-0.39, 0.29) is 23.4 Å². The largest absolute Gasteiger partial charge is 0.346 e. The molecule has 100 valence electrons. The van der Waals surface area contributed by atoms with Crippen molar-refractivity contribution in [2.75, 3.05) is 0 Å². The van der Waals surface area contributed by atoms with Crippen LogP contribution in [0, 0.1) is 0 Å². The van der Waals surface area contributed by atoms with Crippen molar-refractivity contribution in [3.8, 4) is 0 Å². The second-order valence-electron chi connectivity index (χ2n) is 6.50. The molecule has 1 atom stereocenters. The van der Waals surface area contributed by atoms with Crippen molar-refractivity contribution in [1.29, 1.82) is 0 Å². The van der Waals surface area contributed by atoms with Crippen LogP contribution in [0.2, 0.25) is 0 Å². The molecule has 1 saturated heterocycles. The van der Waals surface area contributed by atoms with Gasteiger partial charge in [-0.15, -0.1) is 0 Å². The average Bonchev–Trinajstić information content (AvgIpc) is 2.25. The first kappa shape index (κ1) is 13.6. The van der Waals surface area contributed by atoms with Crippen LogP contribution in [0.3, 0.4) is 0 Å². The van der Waals surface area contributed by atoms with Gasteiger partial charge in [0.2, 0.25) is 0 Å². The summed E-state index contributed by atoms with van der Waals surface area (Å²) >= 11 is 0. The normalized spacial score (nSPS) is 24.7. The zero-order chi connectivity index (χ0) is 13.4. The van der Waals surface area contributed by atoms with Crippen LogP contribution in [0.5, 0.6) is 0 Å². The lowest BCUT2D eigenvalue weighted by molar-refractivity contribution is -0.305. The molecule has 0 aliphatic carbocycles. The summed E-state index contributed by atoms with van der Waals surface area (Å²) in [4.78, 5) is 0. The molecule has 0 aromatic heterocycles. The summed E-state index contributed by atoms with van der Waals surface area (Å²) in [5.41, 5.74) is 1.00. The molecule has 1 heterocycles. The molecule has 1 aromatic carbocycles. The molecule has 0 saturated carbocycles. The fourth-order valence-electron chi connectivity index (χ4n) is 2.88. The van der Waals surface area contributed by atoms with Crippen LogP contribution in [-0.2, 0) is 9.47 Å². The Kier molecular flexibility index (Phi) is 3.52. The molecule has 0 amide bonds. The van der Waals surface area contributed by atoms with Gasteiger partial charge in [0.1, 0.15) is 0 Å². The van der Waals surface area contributed by atoms with Crippen molar-refractivity contribution in [3.63, 3.8) is 0 Å². The molecule has 1 aliphatic heterocycles. The van der Waals surface area contributed by atoms with Crippen LogP contribution in [0.4, 0.5) is 0 Å². The van der Waals surface area contributed by atoms with Gasteiger partial charge in [-0.1, -0.05) is 37.3 Å². The Morgan fingerprint density at radius 2 is 1.50 bits per heavy atom. The zero-order valence-electron chi connectivity index (χ0n) is 12.1. The van der Waals surface area contributed by atoms with Crippen molar-refractivity contribution in [3.05, 3.63) is 35.9 Å². The Bertz CT molecular complexity index is 379. The van der Waals surface area contributed by atoms with E-state index in [0.717, 1.165) is 6.42 Å². The predicted octanol–water partition coefficient (Wildman–Crippen LogP) is 4.11. The highest BCUT2D eigenvalue weighted by molar-refractivity contribution is 5.19. The van der Waals surface area contributed by atoms with Gasteiger partial charge in [0.05, 0.1) is 11.2 Å². The Morgan fingerprint density at radius 3 is 2.00 bits per heavy atom. The van der Waals surface area contributed by atoms with Crippen LogP contribution in [0.25, 0.3) is 0 Å². The number of hydrogen-bond donors (Lipinski definition) is 0. The van der Waals surface area contributed by atoms with Gasteiger partial charge in [-0.3, -0.25) is 0 Å². The Morgan fingerprint density at radius 1 is 1.00 bits per heavy atom. The minimum absolute atomic E-state index is 0.130. The Hall–Kier alpha value is -0.860. The van der Waals surface area contributed by atoms with Crippen LogP contribution in [0.15, 0.2) is 30.3 Å². The Labute approximate surface area is 110 Å². The lowest BCUT2D eigenvalue weighted by Gasteiger charge is -2.46. The van der Waals surface area contributed by atoms with Gasteiger partial charge in [-0.05, 0) is 33.3 Å². The summed E-state index contributed by atoms with van der Waals surface area (Å²) in [6, 6.07) is 10.4. The molecule has 0 N–H and O–H groups in total. The first-order valence-corrected chi connectivity index (χ1v) is 6.70. The van der Waals surface area contributed by atoms with E-state index in [9.17, 15) is 0 Å². The molecule has 1 unspecified atom stereocenters. The summed E-state index contributed by atoms with van der Waals surface area (Å²) in [5.74, 6) is 0.241. The second-order valence-corrected chi connectivity index (χ2v) is 6.50. The van der Waals surface area contributed by atoms with Crippen molar-refractivity contribution in [2.24, 2.45) is 0 Å². The molecule has 1 aromatic rings. The maximum Gasteiger partial charge on any atom is 0.165 e. The van der Waals surface area contributed by atoms with E-state index >= 15 is 0 Å². The minimum atomic E-state index is -0.175. The van der Waals surface area contributed by atoms with E-state index in [1.165, 1.54) is 5.56 Å². The van der Waals surface area contributed by atoms with E-state index in [4.69, 9.17) is 9.47 Å². The van der Waals surface area contributed by atoms with E-state index < -0.39 is 0 Å². The van der Waals surface area contributed by atoms with E-state index in [1.54, 1.807) is 0 Å². The average molecular weight is 248 g/mol. The molecule has 0 radical (unpaired) electrons. The third-order valence-corrected chi connectivity index (χ3v) is 3.46. The van der Waals surface area contributed by atoms with Crippen LogP contribution in [-0.4, -0.2) is 17.5 Å². The van der Waals surface area contributed by atoms with Crippen molar-refractivity contribution in [2.45, 2.75) is 64.4 Å².